The summed E-state index contributed by atoms with van der Waals surface area (Å²) in [5, 5.41) is 0. The molecule has 0 aliphatic carbocycles. The minimum atomic E-state index is -0.0771. The normalized spacial score (nSPS) is 12.0. The predicted octanol–water partition coefficient (Wildman–Crippen LogP) is 9.38. The number of para-hydroxylation sites is 2. The van der Waals surface area contributed by atoms with Crippen LogP contribution >= 0.6 is 11.8 Å². The van der Waals surface area contributed by atoms with Gasteiger partial charge >= 0.3 is 0 Å². The zero-order valence-corrected chi connectivity index (χ0v) is 26.9. The maximum atomic E-state index is 14.3. The lowest BCUT2D eigenvalue weighted by atomic mass is 10.0. The first kappa shape index (κ1) is 29.4. The molecule has 44 heavy (non-hydrogen) atoms. The van der Waals surface area contributed by atoms with Crippen LogP contribution in [0.1, 0.15) is 24.2 Å². The Balaban J connectivity index is 1.48. The van der Waals surface area contributed by atoms with Gasteiger partial charge in [0.15, 0.2) is 0 Å². The summed E-state index contributed by atoms with van der Waals surface area (Å²) in [6.45, 7) is 3.99. The minimum absolute atomic E-state index is 0.0630. The molecule has 1 aliphatic rings. The van der Waals surface area contributed by atoms with E-state index in [0.717, 1.165) is 60.5 Å². The molecule has 0 N–H and O–H groups in total. The quantitative estimate of drug-likeness (QED) is 0.186. The molecule has 0 saturated heterocycles. The fourth-order valence-corrected chi connectivity index (χ4v) is 6.79. The maximum absolute atomic E-state index is 14.3. The minimum Gasteiger partial charge on any atom is -0.491 e. The summed E-state index contributed by atoms with van der Waals surface area (Å²) >= 11 is 1.71. The van der Waals surface area contributed by atoms with Crippen LogP contribution in [0.3, 0.4) is 0 Å². The second-order valence-electron chi connectivity index (χ2n) is 11.6. The molecular formula is C38H37N3O2S. The summed E-state index contributed by atoms with van der Waals surface area (Å²) in [7, 11) is 8.25. The molecule has 0 atom stereocenters. The summed E-state index contributed by atoms with van der Waals surface area (Å²) in [6.07, 6.45) is 0.0630. The highest BCUT2D eigenvalue weighted by Gasteiger charge is 2.30. The molecule has 0 bridgehead atoms. The predicted molar refractivity (Wildman–Crippen MR) is 185 cm³/mol. The van der Waals surface area contributed by atoms with Crippen LogP contribution < -0.4 is 19.4 Å². The fourth-order valence-electron chi connectivity index (χ4n) is 5.66. The van der Waals surface area contributed by atoms with Crippen LogP contribution in [0, 0.1) is 0 Å². The van der Waals surface area contributed by atoms with E-state index < -0.39 is 0 Å². The summed E-state index contributed by atoms with van der Waals surface area (Å²) in [5.74, 6) is 0.673. The van der Waals surface area contributed by atoms with Crippen molar-refractivity contribution in [2.75, 3.05) is 42.9 Å². The summed E-state index contributed by atoms with van der Waals surface area (Å²) in [4.78, 5) is 22.5. The fraction of sp³-hybridized carbons (Fsp3) is 0.184. The highest BCUT2D eigenvalue weighted by molar-refractivity contribution is 7.99. The Labute approximate surface area is 264 Å². The van der Waals surface area contributed by atoms with Crippen molar-refractivity contribution in [2.24, 2.45) is 0 Å². The first-order valence-electron chi connectivity index (χ1n) is 14.8. The van der Waals surface area contributed by atoms with E-state index in [1.807, 2.05) is 43.0 Å². The number of hydrogen-bond donors (Lipinski definition) is 0. The molecule has 222 valence electrons. The van der Waals surface area contributed by atoms with Gasteiger partial charge < -0.3 is 14.5 Å². The van der Waals surface area contributed by atoms with Crippen molar-refractivity contribution >= 4 is 40.4 Å². The lowest BCUT2D eigenvalue weighted by Gasteiger charge is -2.32. The molecular weight excluding hydrogens is 563 g/mol. The lowest BCUT2D eigenvalue weighted by Crippen LogP contribution is -2.28. The zero-order valence-electron chi connectivity index (χ0n) is 26.0. The standard InChI is InChI=1S/C38H37N3O2S/c1-25(2)43-29-19-15-26(16-20-29)38(42)41-34-21-17-27(30-11-7-9-13-32(30)39(3)4)23-36(34)44-37-24-28(18-22-35(37)41)31-12-8-10-14-33(31)40(5)6/h7-25H,1-6H3. The topological polar surface area (TPSA) is 36.0 Å². The third-order valence-electron chi connectivity index (χ3n) is 7.69. The number of amides is 1. The van der Waals surface area contributed by atoms with Gasteiger partial charge in [-0.2, -0.15) is 0 Å². The monoisotopic (exact) mass is 599 g/mol. The van der Waals surface area contributed by atoms with Gasteiger partial charge in [0.1, 0.15) is 5.75 Å². The van der Waals surface area contributed by atoms with Gasteiger partial charge in [0, 0.05) is 66.0 Å². The van der Waals surface area contributed by atoms with Crippen LogP contribution in [0.5, 0.6) is 5.75 Å². The highest BCUT2D eigenvalue weighted by atomic mass is 32.2. The Hall–Kier alpha value is -4.68. The third kappa shape index (κ3) is 5.65. The third-order valence-corrected chi connectivity index (χ3v) is 8.79. The van der Waals surface area contributed by atoms with Gasteiger partial charge in [-0.25, -0.2) is 0 Å². The molecule has 6 heteroatoms. The number of fused-ring (bicyclic) bond motifs is 2. The lowest BCUT2D eigenvalue weighted by molar-refractivity contribution is 0.0998. The second kappa shape index (κ2) is 12.1. The number of carbonyl (C=O) groups is 1. The number of benzene rings is 5. The molecule has 1 amide bonds. The van der Waals surface area contributed by atoms with Crippen LogP contribution in [0.25, 0.3) is 22.3 Å². The van der Waals surface area contributed by atoms with Crippen LogP contribution in [-0.2, 0) is 0 Å². The van der Waals surface area contributed by atoms with E-state index in [1.165, 1.54) is 0 Å². The Morgan fingerprint density at radius 3 is 1.59 bits per heavy atom. The molecule has 0 aromatic heterocycles. The van der Waals surface area contributed by atoms with Crippen molar-refractivity contribution in [3.8, 4) is 28.0 Å². The van der Waals surface area contributed by atoms with Crippen molar-refractivity contribution in [3.63, 3.8) is 0 Å². The molecule has 0 unspecified atom stereocenters. The van der Waals surface area contributed by atoms with Crippen molar-refractivity contribution in [2.45, 2.75) is 29.7 Å². The van der Waals surface area contributed by atoms with Gasteiger partial charge in [-0.1, -0.05) is 60.3 Å². The van der Waals surface area contributed by atoms with Crippen LogP contribution in [0.15, 0.2) is 119 Å². The summed E-state index contributed by atoms with van der Waals surface area (Å²) < 4.78 is 5.84. The van der Waals surface area contributed by atoms with E-state index in [1.54, 1.807) is 11.8 Å². The average Bonchev–Trinajstić information content (AvgIpc) is 3.02. The number of carbonyl (C=O) groups excluding carboxylic acids is 1. The summed E-state index contributed by atoms with van der Waals surface area (Å²) in [6, 6.07) is 37.1. The molecule has 0 fully saturated rings. The molecule has 0 spiro atoms. The van der Waals surface area contributed by atoms with Gasteiger partial charge in [-0.05, 0) is 85.6 Å². The molecule has 1 aliphatic heterocycles. The largest absolute Gasteiger partial charge is 0.491 e. The average molecular weight is 600 g/mol. The van der Waals surface area contributed by atoms with Crippen LogP contribution in [0.4, 0.5) is 22.7 Å². The van der Waals surface area contributed by atoms with Gasteiger partial charge in [0.05, 0.1) is 17.5 Å². The van der Waals surface area contributed by atoms with E-state index in [4.69, 9.17) is 4.74 Å². The zero-order chi connectivity index (χ0) is 31.0. The molecule has 5 aromatic carbocycles. The number of nitrogens with zero attached hydrogens (tertiary/aromatic N) is 3. The van der Waals surface area contributed by atoms with Crippen molar-refractivity contribution in [3.05, 3.63) is 115 Å². The number of hydrogen-bond acceptors (Lipinski definition) is 5. The van der Waals surface area contributed by atoms with Crippen molar-refractivity contribution in [1.29, 1.82) is 0 Å². The number of rotatable bonds is 7. The molecule has 0 radical (unpaired) electrons. The van der Waals surface area contributed by atoms with Gasteiger partial charge in [0.2, 0.25) is 0 Å². The Kier molecular flexibility index (Phi) is 8.11. The van der Waals surface area contributed by atoms with E-state index in [9.17, 15) is 4.79 Å². The van der Waals surface area contributed by atoms with Gasteiger partial charge in [0.25, 0.3) is 5.91 Å². The second-order valence-corrected chi connectivity index (χ2v) is 12.7. The molecule has 1 heterocycles. The molecule has 5 nitrogen and oxygen atoms in total. The summed E-state index contributed by atoms with van der Waals surface area (Å²) in [5.41, 5.74) is 9.18. The SMILES string of the molecule is CC(C)Oc1ccc(C(=O)N2c3ccc(-c4ccccc4N(C)C)cc3Sc3cc(-c4ccccc4N(C)C)ccc32)cc1. The Bertz CT molecular complexity index is 1730. The van der Waals surface area contributed by atoms with E-state index in [0.29, 0.717) is 5.56 Å². The first-order chi connectivity index (χ1) is 21.2. The number of anilines is 4. The smallest absolute Gasteiger partial charge is 0.262 e. The molecule has 0 saturated carbocycles. The van der Waals surface area contributed by atoms with Crippen LogP contribution in [-0.4, -0.2) is 40.2 Å². The van der Waals surface area contributed by atoms with E-state index >= 15 is 0 Å². The van der Waals surface area contributed by atoms with Gasteiger partial charge in [-0.15, -0.1) is 0 Å². The molecule has 5 aromatic rings. The van der Waals surface area contributed by atoms with E-state index in [-0.39, 0.29) is 12.0 Å². The maximum Gasteiger partial charge on any atom is 0.262 e. The first-order valence-corrected chi connectivity index (χ1v) is 15.6. The van der Waals surface area contributed by atoms with Gasteiger partial charge in [-0.3, -0.25) is 9.69 Å². The highest BCUT2D eigenvalue weighted by Crippen LogP contribution is 2.51. The van der Waals surface area contributed by atoms with E-state index in [2.05, 4.69) is 123 Å². The number of ether oxygens (including phenoxy) is 1. The Morgan fingerprint density at radius 2 is 1.14 bits per heavy atom. The Morgan fingerprint density at radius 1 is 0.659 bits per heavy atom. The molecule has 6 rings (SSSR count). The van der Waals surface area contributed by atoms with Crippen LogP contribution in [0.2, 0.25) is 0 Å². The van der Waals surface area contributed by atoms with Crippen molar-refractivity contribution in [1.82, 2.24) is 0 Å². The van der Waals surface area contributed by atoms with Crippen molar-refractivity contribution < 1.29 is 9.53 Å².